The lowest BCUT2D eigenvalue weighted by atomic mass is 10.0. The maximum absolute atomic E-state index is 2.52. The number of hydrogen-bond acceptors (Lipinski definition) is 1. The van der Waals surface area contributed by atoms with Crippen LogP contribution in [0.1, 0.15) is 39.0 Å². The lowest BCUT2D eigenvalue weighted by molar-refractivity contribution is 0.523. The van der Waals surface area contributed by atoms with Gasteiger partial charge in [0.2, 0.25) is 0 Å². The summed E-state index contributed by atoms with van der Waals surface area (Å²) in [5.41, 5.74) is 1.35. The van der Waals surface area contributed by atoms with Crippen LogP contribution in [0, 0.1) is 0 Å². The summed E-state index contributed by atoms with van der Waals surface area (Å²) in [6, 6.07) is 24.1. The quantitative estimate of drug-likeness (QED) is 0.370. The van der Waals surface area contributed by atoms with Gasteiger partial charge in [-0.15, -0.1) is 0 Å². The summed E-state index contributed by atoms with van der Waals surface area (Å²) in [4.78, 5) is 2.52. The molecule has 0 N–H and O–H groups in total. The van der Waals surface area contributed by atoms with Crippen LogP contribution in [0.3, 0.4) is 0 Å². The Morgan fingerprint density at radius 3 is 2.04 bits per heavy atom. The van der Waals surface area contributed by atoms with E-state index in [9.17, 15) is 0 Å². The van der Waals surface area contributed by atoms with Crippen LogP contribution in [0.5, 0.6) is 0 Å². The molecule has 0 amide bonds. The minimum absolute atomic E-state index is 0.643. The van der Waals surface area contributed by atoms with Crippen molar-refractivity contribution in [3.8, 4) is 0 Å². The molecular weight excluding hydrogens is 318 g/mol. The van der Waals surface area contributed by atoms with Gasteiger partial charge in [0, 0.05) is 18.8 Å². The van der Waals surface area contributed by atoms with Gasteiger partial charge in [0.15, 0.2) is 0 Å². The van der Waals surface area contributed by atoms with Crippen molar-refractivity contribution < 1.29 is 0 Å². The predicted molar refractivity (Wildman–Crippen MR) is 116 cm³/mol. The lowest BCUT2D eigenvalue weighted by Crippen LogP contribution is -2.43. The minimum atomic E-state index is -1.36. The second-order valence-electron chi connectivity index (χ2n) is 7.88. The Labute approximate surface area is 156 Å². The Morgan fingerprint density at radius 1 is 0.840 bits per heavy atom. The largest absolute Gasteiger partial charge is 0.372 e. The first-order chi connectivity index (χ1) is 12.0. The zero-order valence-electron chi connectivity index (χ0n) is 16.5. The number of rotatable bonds is 10. The second-order valence-corrected chi connectivity index (χ2v) is 12.7. The van der Waals surface area contributed by atoms with E-state index < -0.39 is 8.07 Å². The van der Waals surface area contributed by atoms with Crippen LogP contribution in [-0.2, 0) is 0 Å². The van der Waals surface area contributed by atoms with Crippen LogP contribution in [0.4, 0.5) is 5.69 Å². The van der Waals surface area contributed by atoms with E-state index in [1.165, 1.54) is 43.8 Å². The second kappa shape index (κ2) is 9.81. The Kier molecular flexibility index (Phi) is 7.76. The normalized spacial score (nSPS) is 12.8. The maximum Gasteiger partial charge on any atom is 0.0807 e. The molecule has 2 aromatic rings. The van der Waals surface area contributed by atoms with Crippen molar-refractivity contribution >= 4 is 18.9 Å². The standard InChI is InChI=1S/C23H35NSi/c1-5-6-9-14-22(24(2)21-15-10-7-11-16-21)19-20-25(3,4)23-17-12-8-13-18-23/h7-8,10-13,15-18,22H,5-6,9,14,19-20H2,1-4H3. The molecule has 2 aromatic carbocycles. The first kappa shape index (κ1) is 19.8. The van der Waals surface area contributed by atoms with E-state index in [1.807, 2.05) is 0 Å². The van der Waals surface area contributed by atoms with Gasteiger partial charge in [-0.1, -0.05) is 99.0 Å². The van der Waals surface area contributed by atoms with Crippen molar-refractivity contribution in [3.05, 3.63) is 60.7 Å². The van der Waals surface area contributed by atoms with Gasteiger partial charge in [-0.05, 0) is 25.0 Å². The van der Waals surface area contributed by atoms with Gasteiger partial charge in [0.05, 0.1) is 8.07 Å². The fourth-order valence-electron chi connectivity index (χ4n) is 3.60. The molecule has 25 heavy (non-hydrogen) atoms. The van der Waals surface area contributed by atoms with Crippen molar-refractivity contribution in [2.24, 2.45) is 0 Å². The number of unbranched alkanes of at least 4 members (excludes halogenated alkanes) is 2. The number of para-hydroxylation sites is 1. The SMILES string of the molecule is CCCCCC(CC[Si](C)(C)c1ccccc1)N(C)c1ccccc1. The van der Waals surface area contributed by atoms with Crippen LogP contribution in [0.25, 0.3) is 0 Å². The fourth-order valence-corrected chi connectivity index (χ4v) is 6.04. The average Bonchev–Trinajstić information content (AvgIpc) is 2.65. The fraction of sp³-hybridized carbons (Fsp3) is 0.478. The van der Waals surface area contributed by atoms with E-state index in [0.717, 1.165) is 0 Å². The van der Waals surface area contributed by atoms with Crippen molar-refractivity contribution in [3.63, 3.8) is 0 Å². The van der Waals surface area contributed by atoms with Gasteiger partial charge in [-0.3, -0.25) is 0 Å². The first-order valence-electron chi connectivity index (χ1n) is 9.88. The van der Waals surface area contributed by atoms with E-state index in [1.54, 1.807) is 5.19 Å². The first-order valence-corrected chi connectivity index (χ1v) is 13.1. The van der Waals surface area contributed by atoms with Crippen LogP contribution in [0.2, 0.25) is 19.1 Å². The Morgan fingerprint density at radius 2 is 1.44 bits per heavy atom. The molecule has 0 bridgehead atoms. The van der Waals surface area contributed by atoms with E-state index in [4.69, 9.17) is 0 Å². The van der Waals surface area contributed by atoms with Gasteiger partial charge >= 0.3 is 0 Å². The molecule has 1 unspecified atom stereocenters. The van der Waals surface area contributed by atoms with E-state index in [2.05, 4.69) is 92.6 Å². The molecular formula is C23H35NSi. The monoisotopic (exact) mass is 353 g/mol. The number of nitrogens with zero attached hydrogens (tertiary/aromatic N) is 1. The predicted octanol–water partition coefficient (Wildman–Crippen LogP) is 6.08. The lowest BCUT2D eigenvalue weighted by Gasteiger charge is -2.33. The molecule has 0 aliphatic carbocycles. The number of benzene rings is 2. The highest BCUT2D eigenvalue weighted by atomic mass is 28.3. The average molecular weight is 354 g/mol. The van der Waals surface area contributed by atoms with Crippen molar-refractivity contribution in [1.82, 2.24) is 0 Å². The van der Waals surface area contributed by atoms with Gasteiger partial charge in [0.25, 0.3) is 0 Å². The summed E-state index contributed by atoms with van der Waals surface area (Å²) in [6.07, 6.45) is 6.58. The van der Waals surface area contributed by atoms with Crippen molar-refractivity contribution in [2.75, 3.05) is 11.9 Å². The molecule has 1 atom stereocenters. The molecule has 1 nitrogen and oxygen atoms in total. The highest BCUT2D eigenvalue weighted by molar-refractivity contribution is 6.89. The summed E-state index contributed by atoms with van der Waals surface area (Å²) < 4.78 is 0. The summed E-state index contributed by atoms with van der Waals surface area (Å²) in [6.45, 7) is 7.34. The van der Waals surface area contributed by atoms with Crippen LogP contribution in [0.15, 0.2) is 60.7 Å². The Hall–Kier alpha value is -1.54. The Balaban J connectivity index is 2.05. The summed E-state index contributed by atoms with van der Waals surface area (Å²) in [7, 11) is 0.918. The minimum Gasteiger partial charge on any atom is -0.372 e. The van der Waals surface area contributed by atoms with E-state index >= 15 is 0 Å². The molecule has 0 aliphatic rings. The molecule has 136 valence electrons. The highest BCUT2D eigenvalue weighted by Crippen LogP contribution is 2.24. The van der Waals surface area contributed by atoms with Gasteiger partial charge in [-0.2, -0.15) is 0 Å². The van der Waals surface area contributed by atoms with Gasteiger partial charge in [-0.25, -0.2) is 0 Å². The maximum atomic E-state index is 2.52. The zero-order chi connectivity index (χ0) is 18.1. The third-order valence-electron chi connectivity index (χ3n) is 5.51. The molecule has 0 aromatic heterocycles. The van der Waals surface area contributed by atoms with Crippen LogP contribution < -0.4 is 10.1 Å². The van der Waals surface area contributed by atoms with Crippen molar-refractivity contribution in [1.29, 1.82) is 0 Å². The molecule has 0 saturated heterocycles. The molecule has 2 heteroatoms. The van der Waals surface area contributed by atoms with E-state index in [0.29, 0.717) is 6.04 Å². The number of hydrogen-bond donors (Lipinski definition) is 0. The molecule has 0 spiro atoms. The zero-order valence-corrected chi connectivity index (χ0v) is 17.5. The van der Waals surface area contributed by atoms with Crippen LogP contribution >= 0.6 is 0 Å². The van der Waals surface area contributed by atoms with Gasteiger partial charge < -0.3 is 4.90 Å². The molecule has 0 heterocycles. The summed E-state index contributed by atoms with van der Waals surface area (Å²) in [5, 5.41) is 1.59. The van der Waals surface area contributed by atoms with E-state index in [-0.39, 0.29) is 0 Å². The third kappa shape index (κ3) is 6.04. The number of anilines is 1. The topological polar surface area (TPSA) is 3.24 Å². The molecule has 2 rings (SSSR count). The molecule has 0 saturated carbocycles. The third-order valence-corrected chi connectivity index (χ3v) is 8.94. The summed E-state index contributed by atoms with van der Waals surface area (Å²) >= 11 is 0. The smallest absolute Gasteiger partial charge is 0.0807 e. The van der Waals surface area contributed by atoms with Crippen LogP contribution in [-0.4, -0.2) is 21.2 Å². The van der Waals surface area contributed by atoms with Crippen molar-refractivity contribution in [2.45, 2.75) is 64.2 Å². The summed E-state index contributed by atoms with van der Waals surface area (Å²) in [5.74, 6) is 0. The molecule has 0 fully saturated rings. The highest BCUT2D eigenvalue weighted by Gasteiger charge is 2.25. The Bertz CT molecular complexity index is 594. The molecule has 0 radical (unpaired) electrons. The van der Waals surface area contributed by atoms with Gasteiger partial charge in [0.1, 0.15) is 0 Å². The molecule has 0 aliphatic heterocycles.